The van der Waals surface area contributed by atoms with E-state index in [9.17, 15) is 21.6 Å². The maximum absolute atomic E-state index is 13.6. The highest BCUT2D eigenvalue weighted by Gasteiger charge is 2.48. The number of hydrogen-bond acceptors (Lipinski definition) is 4. The molecule has 0 saturated heterocycles. The van der Waals surface area contributed by atoms with Gasteiger partial charge in [-0.05, 0) is 30.2 Å². The summed E-state index contributed by atoms with van der Waals surface area (Å²) >= 11 is 5.71. The van der Waals surface area contributed by atoms with Gasteiger partial charge in [0, 0.05) is 18.1 Å². The fraction of sp³-hybridized carbons (Fsp3) is 0.312. The van der Waals surface area contributed by atoms with Gasteiger partial charge in [-0.25, -0.2) is 13.4 Å². The Hall–Kier alpha value is -1.84. The third-order valence-corrected chi connectivity index (χ3v) is 5.97. The first-order valence-corrected chi connectivity index (χ1v) is 9.11. The molecule has 0 aliphatic rings. The molecule has 0 radical (unpaired) electrons. The number of hydrogen-bond donors (Lipinski definition) is 0. The number of sulfonamides is 1. The number of ether oxygens (including phenoxy) is 1. The van der Waals surface area contributed by atoms with Gasteiger partial charge in [0.15, 0.2) is 0 Å². The summed E-state index contributed by atoms with van der Waals surface area (Å²) in [6.45, 7) is 1.45. The summed E-state index contributed by atoms with van der Waals surface area (Å²) < 4.78 is 71.7. The molecule has 0 amide bonds. The molecule has 1 unspecified atom stereocenters. The van der Waals surface area contributed by atoms with E-state index in [1.165, 1.54) is 32.2 Å². The Kier molecular flexibility index (Phi) is 5.84. The molecule has 0 aliphatic heterocycles. The molecule has 1 atom stereocenters. The van der Waals surface area contributed by atoms with E-state index in [2.05, 4.69) is 4.98 Å². The van der Waals surface area contributed by atoms with Crippen molar-refractivity contribution in [3.63, 3.8) is 0 Å². The van der Waals surface area contributed by atoms with Gasteiger partial charge < -0.3 is 4.74 Å². The van der Waals surface area contributed by atoms with Gasteiger partial charge >= 0.3 is 6.18 Å². The number of alkyl halides is 3. The van der Waals surface area contributed by atoms with E-state index in [1.807, 2.05) is 0 Å². The zero-order valence-corrected chi connectivity index (χ0v) is 15.7. The molecule has 26 heavy (non-hydrogen) atoms. The Morgan fingerprint density at radius 1 is 1.23 bits per heavy atom. The number of benzene rings is 1. The first-order valence-electron chi connectivity index (χ1n) is 7.29. The topological polar surface area (TPSA) is 59.5 Å². The lowest BCUT2D eigenvalue weighted by molar-refractivity contribution is -0.171. The van der Waals surface area contributed by atoms with Crippen molar-refractivity contribution >= 4 is 21.6 Å². The highest BCUT2D eigenvalue weighted by atomic mass is 35.5. The Labute approximate surface area is 154 Å². The van der Waals surface area contributed by atoms with Crippen LogP contribution in [0.4, 0.5) is 13.2 Å². The number of nitrogens with zero attached hydrogens (tertiary/aromatic N) is 2. The fourth-order valence-corrected chi connectivity index (χ4v) is 4.05. The third-order valence-electron chi connectivity index (χ3n) is 3.76. The lowest BCUT2D eigenvalue weighted by Gasteiger charge is -2.30. The van der Waals surface area contributed by atoms with E-state index in [-0.39, 0.29) is 31.2 Å². The van der Waals surface area contributed by atoms with Gasteiger partial charge in [-0.3, -0.25) is 0 Å². The Morgan fingerprint density at radius 3 is 2.27 bits per heavy atom. The fourth-order valence-electron chi connectivity index (χ4n) is 2.44. The van der Waals surface area contributed by atoms with E-state index in [0.29, 0.717) is 0 Å². The van der Waals surface area contributed by atoms with Crippen LogP contribution in [0.1, 0.15) is 17.2 Å². The number of halogens is 4. The predicted molar refractivity (Wildman–Crippen MR) is 90.7 cm³/mol. The minimum atomic E-state index is -4.83. The van der Waals surface area contributed by atoms with E-state index in [4.69, 9.17) is 16.3 Å². The first kappa shape index (κ1) is 20.5. The van der Waals surface area contributed by atoms with Crippen LogP contribution in [-0.4, -0.2) is 38.0 Å². The second-order valence-electron chi connectivity index (χ2n) is 5.51. The van der Waals surface area contributed by atoms with Crippen molar-refractivity contribution in [2.45, 2.75) is 24.0 Å². The summed E-state index contributed by atoms with van der Waals surface area (Å²) in [6, 6.07) is 3.81. The van der Waals surface area contributed by atoms with Crippen molar-refractivity contribution in [1.82, 2.24) is 9.29 Å². The van der Waals surface area contributed by atoms with Crippen LogP contribution in [0.25, 0.3) is 0 Å². The maximum Gasteiger partial charge on any atom is 0.409 e. The molecule has 0 N–H and O–H groups in total. The van der Waals surface area contributed by atoms with Crippen LogP contribution in [0.2, 0.25) is 5.02 Å². The number of aromatic nitrogens is 1. The number of aryl methyl sites for hydroxylation is 1. The summed E-state index contributed by atoms with van der Waals surface area (Å²) in [5.74, 6) is 0.161. The second-order valence-corrected chi connectivity index (χ2v) is 7.91. The molecular weight excluding hydrogens is 393 g/mol. The SMILES string of the molecule is COc1cc(C)c(S(=O)(=O)N(C)C(c2ccc(Cl)cc2)C(F)(F)F)cn1. The van der Waals surface area contributed by atoms with Crippen LogP contribution in [0.3, 0.4) is 0 Å². The molecule has 1 aromatic heterocycles. The highest BCUT2D eigenvalue weighted by molar-refractivity contribution is 7.89. The van der Waals surface area contributed by atoms with Gasteiger partial charge in [0.05, 0.1) is 13.3 Å². The molecule has 2 rings (SSSR count). The molecule has 0 saturated carbocycles. The van der Waals surface area contributed by atoms with E-state index in [1.54, 1.807) is 0 Å². The van der Waals surface area contributed by atoms with Crippen LogP contribution < -0.4 is 4.74 Å². The van der Waals surface area contributed by atoms with E-state index < -0.39 is 22.2 Å². The Morgan fingerprint density at radius 2 is 1.81 bits per heavy atom. The molecular formula is C16H16ClF3N2O3S. The highest BCUT2D eigenvalue weighted by Crippen LogP contribution is 2.40. The quantitative estimate of drug-likeness (QED) is 0.751. The van der Waals surface area contributed by atoms with Crippen molar-refractivity contribution in [3.8, 4) is 5.88 Å². The minimum absolute atomic E-state index is 0.161. The average molecular weight is 409 g/mol. The van der Waals surface area contributed by atoms with Crippen molar-refractivity contribution < 1.29 is 26.3 Å². The van der Waals surface area contributed by atoms with Crippen molar-refractivity contribution in [1.29, 1.82) is 0 Å². The van der Waals surface area contributed by atoms with Crippen LogP contribution in [-0.2, 0) is 10.0 Å². The molecule has 142 valence electrons. The zero-order chi connectivity index (χ0) is 19.7. The van der Waals surface area contributed by atoms with Crippen molar-refractivity contribution in [3.05, 3.63) is 52.7 Å². The molecule has 5 nitrogen and oxygen atoms in total. The van der Waals surface area contributed by atoms with Crippen LogP contribution in [0.15, 0.2) is 41.4 Å². The summed E-state index contributed by atoms with van der Waals surface area (Å²) in [5, 5.41) is 0.246. The normalized spacial score (nSPS) is 13.7. The van der Waals surface area contributed by atoms with Gasteiger partial charge in [-0.1, -0.05) is 23.7 Å². The van der Waals surface area contributed by atoms with Crippen molar-refractivity contribution in [2.24, 2.45) is 0 Å². The van der Waals surface area contributed by atoms with Crippen molar-refractivity contribution in [2.75, 3.05) is 14.2 Å². The average Bonchev–Trinajstić information content (AvgIpc) is 2.55. The summed E-state index contributed by atoms with van der Waals surface area (Å²) in [4.78, 5) is 3.46. The first-order chi connectivity index (χ1) is 12.0. The number of pyridine rings is 1. The molecule has 0 spiro atoms. The largest absolute Gasteiger partial charge is 0.481 e. The van der Waals surface area contributed by atoms with Gasteiger partial charge in [0.1, 0.15) is 10.9 Å². The summed E-state index contributed by atoms with van der Waals surface area (Å²) in [6.07, 6.45) is -3.85. The number of methoxy groups -OCH3 is 1. The van der Waals surface area contributed by atoms with Gasteiger partial charge in [-0.15, -0.1) is 0 Å². The molecule has 1 aromatic carbocycles. The summed E-state index contributed by atoms with van der Waals surface area (Å²) in [7, 11) is -2.24. The minimum Gasteiger partial charge on any atom is -0.481 e. The van der Waals surface area contributed by atoms with Crippen LogP contribution >= 0.6 is 11.6 Å². The standard InChI is InChI=1S/C16H16ClF3N2O3S/c1-10-8-14(25-3)21-9-13(10)26(23,24)22(2)15(16(18,19)20)11-4-6-12(17)7-5-11/h4-9,15H,1-3H3. The molecule has 1 heterocycles. The third kappa shape index (κ3) is 4.11. The van der Waals surface area contributed by atoms with Crippen LogP contribution in [0.5, 0.6) is 5.88 Å². The monoisotopic (exact) mass is 408 g/mol. The molecule has 0 fully saturated rings. The lowest BCUT2D eigenvalue weighted by atomic mass is 10.1. The molecule has 2 aromatic rings. The van der Waals surface area contributed by atoms with E-state index in [0.717, 1.165) is 25.4 Å². The smallest absolute Gasteiger partial charge is 0.409 e. The Balaban J connectivity index is 2.54. The predicted octanol–water partition coefficient (Wildman–Crippen LogP) is 3.98. The van der Waals surface area contributed by atoms with Gasteiger partial charge in [-0.2, -0.15) is 17.5 Å². The van der Waals surface area contributed by atoms with Gasteiger partial charge in [0.25, 0.3) is 0 Å². The Bertz CT molecular complexity index is 887. The maximum atomic E-state index is 13.6. The second kappa shape index (κ2) is 7.42. The molecule has 0 aliphatic carbocycles. The van der Waals surface area contributed by atoms with Gasteiger partial charge in [0.2, 0.25) is 15.9 Å². The summed E-state index contributed by atoms with van der Waals surface area (Å²) in [5.41, 5.74) is -0.0205. The molecule has 0 bridgehead atoms. The lowest BCUT2D eigenvalue weighted by Crippen LogP contribution is -2.40. The van der Waals surface area contributed by atoms with E-state index >= 15 is 0 Å². The number of rotatable bonds is 5. The van der Waals surface area contributed by atoms with Crippen LogP contribution in [0, 0.1) is 6.92 Å². The zero-order valence-electron chi connectivity index (χ0n) is 14.1. The molecule has 10 heteroatoms.